The molecule has 2 aliphatic carbocycles. The lowest BCUT2D eigenvalue weighted by Gasteiger charge is -2.36. The van der Waals surface area contributed by atoms with Crippen LogP contribution < -0.4 is 4.74 Å². The van der Waals surface area contributed by atoms with Crippen molar-refractivity contribution < 1.29 is 9.15 Å². The predicted octanol–water partition coefficient (Wildman–Crippen LogP) is 9.30. The molecule has 0 spiro atoms. The summed E-state index contributed by atoms with van der Waals surface area (Å²) in [5.74, 6) is 5.74. The Hall–Kier alpha value is -3.59. The lowest BCUT2D eigenvalue weighted by atomic mass is 9.68. The maximum atomic E-state index is 6.13. The van der Waals surface area contributed by atoms with Gasteiger partial charge in [-0.2, -0.15) is 0 Å². The summed E-state index contributed by atoms with van der Waals surface area (Å²) in [5.41, 5.74) is 6.21. The molecule has 4 atom stereocenters. The van der Waals surface area contributed by atoms with Gasteiger partial charge in [0, 0.05) is 12.0 Å². The van der Waals surface area contributed by atoms with Crippen LogP contribution >= 0.6 is 0 Å². The number of aromatic nitrogens is 1. The molecule has 6 rings (SSSR count). The van der Waals surface area contributed by atoms with Crippen LogP contribution in [0.5, 0.6) is 5.75 Å². The number of hydrogen-bond donors (Lipinski definition) is 0. The van der Waals surface area contributed by atoms with Gasteiger partial charge in [0.1, 0.15) is 11.5 Å². The zero-order valence-electron chi connectivity index (χ0n) is 24.8. The van der Waals surface area contributed by atoms with Crippen LogP contribution in [0.15, 0.2) is 101 Å². The zero-order valence-corrected chi connectivity index (χ0v) is 24.8. The third kappa shape index (κ3) is 6.20. The summed E-state index contributed by atoms with van der Waals surface area (Å²) in [6.45, 7) is 12.1. The van der Waals surface area contributed by atoms with E-state index in [1.807, 2.05) is 37.3 Å². The molecule has 0 N–H and O–H groups in total. The summed E-state index contributed by atoms with van der Waals surface area (Å²) >= 11 is 0. The van der Waals surface area contributed by atoms with Crippen molar-refractivity contribution >= 4 is 0 Å². The molecular formula is C38H43NO2. The Morgan fingerprint density at radius 3 is 2.27 bits per heavy atom. The van der Waals surface area contributed by atoms with E-state index < -0.39 is 0 Å². The number of nitrogens with zero attached hydrogens (tertiary/aromatic N) is 1. The second-order valence-corrected chi connectivity index (χ2v) is 12.8. The number of hydrogen-bond acceptors (Lipinski definition) is 3. The highest BCUT2D eigenvalue weighted by atomic mass is 16.5. The molecule has 41 heavy (non-hydrogen) atoms. The second-order valence-electron chi connectivity index (χ2n) is 12.8. The van der Waals surface area contributed by atoms with Gasteiger partial charge >= 0.3 is 0 Å². The molecule has 212 valence electrons. The van der Waals surface area contributed by atoms with Gasteiger partial charge in [0.25, 0.3) is 0 Å². The van der Waals surface area contributed by atoms with E-state index in [4.69, 9.17) is 20.7 Å². The molecule has 0 radical (unpaired) electrons. The minimum atomic E-state index is 0.0967. The van der Waals surface area contributed by atoms with E-state index in [0.29, 0.717) is 24.8 Å². The van der Waals surface area contributed by atoms with E-state index in [2.05, 4.69) is 68.4 Å². The smallest absolute Gasteiger partial charge is 0.226 e. The number of rotatable bonds is 13. The van der Waals surface area contributed by atoms with Gasteiger partial charge in [0.2, 0.25) is 5.89 Å². The summed E-state index contributed by atoms with van der Waals surface area (Å²) in [6.07, 6.45) is 6.93. The van der Waals surface area contributed by atoms with Crippen LogP contribution in [-0.2, 0) is 19.3 Å². The normalized spacial score (nSPS) is 21.3. The number of fused-ring (bicyclic) bond motifs is 1. The third-order valence-electron chi connectivity index (χ3n) is 9.82. The SMILES string of the molecule is C=C([C@@H](C)Cc1ccccc1)[C@](C)(Cc1ccc(OCCc2nc(-c3ccccc3)oc2C)cc1)CC1C2CCC21. The Morgan fingerprint density at radius 1 is 0.951 bits per heavy atom. The first-order valence-electron chi connectivity index (χ1n) is 15.4. The highest BCUT2D eigenvalue weighted by molar-refractivity contribution is 5.53. The first-order chi connectivity index (χ1) is 19.9. The summed E-state index contributed by atoms with van der Waals surface area (Å²) in [7, 11) is 0. The molecule has 3 nitrogen and oxygen atoms in total. The first-order valence-corrected chi connectivity index (χ1v) is 15.4. The van der Waals surface area contributed by atoms with Crippen LogP contribution in [-0.4, -0.2) is 11.6 Å². The van der Waals surface area contributed by atoms with Crippen molar-refractivity contribution in [3.05, 3.63) is 120 Å². The molecule has 3 heteroatoms. The maximum Gasteiger partial charge on any atom is 0.226 e. The predicted molar refractivity (Wildman–Crippen MR) is 167 cm³/mol. The van der Waals surface area contributed by atoms with Gasteiger partial charge in [-0.05, 0) is 104 Å². The Kier molecular flexibility index (Phi) is 7.88. The molecule has 0 saturated heterocycles. The van der Waals surface area contributed by atoms with E-state index in [-0.39, 0.29) is 5.41 Å². The molecular weight excluding hydrogens is 502 g/mol. The molecule has 2 unspecified atom stereocenters. The van der Waals surface area contributed by atoms with Crippen molar-refractivity contribution in [2.75, 3.05) is 6.61 Å². The molecule has 1 aromatic heterocycles. The van der Waals surface area contributed by atoms with Gasteiger partial charge in [-0.25, -0.2) is 4.98 Å². The van der Waals surface area contributed by atoms with Crippen LogP contribution in [0.4, 0.5) is 0 Å². The average molecular weight is 546 g/mol. The summed E-state index contributed by atoms with van der Waals surface area (Å²) in [6, 6.07) is 29.7. The number of oxazole rings is 1. The fraction of sp³-hybridized carbons (Fsp3) is 0.395. The number of benzene rings is 3. The van der Waals surface area contributed by atoms with Crippen molar-refractivity contribution in [1.29, 1.82) is 0 Å². The van der Waals surface area contributed by atoms with Crippen LogP contribution in [0.3, 0.4) is 0 Å². The summed E-state index contributed by atoms with van der Waals surface area (Å²) in [4.78, 5) is 4.71. The Morgan fingerprint density at radius 2 is 1.61 bits per heavy atom. The second kappa shape index (κ2) is 11.7. The molecule has 2 fully saturated rings. The molecule has 3 aromatic carbocycles. The minimum absolute atomic E-state index is 0.0967. The fourth-order valence-corrected chi connectivity index (χ4v) is 7.11. The van der Waals surface area contributed by atoms with Gasteiger partial charge in [-0.3, -0.25) is 0 Å². The van der Waals surface area contributed by atoms with Crippen molar-refractivity contribution in [2.24, 2.45) is 29.1 Å². The minimum Gasteiger partial charge on any atom is -0.493 e. The summed E-state index contributed by atoms with van der Waals surface area (Å²) in [5, 5.41) is 0. The van der Waals surface area contributed by atoms with Gasteiger partial charge < -0.3 is 9.15 Å². The molecule has 1 heterocycles. The van der Waals surface area contributed by atoms with Gasteiger partial charge in [-0.15, -0.1) is 0 Å². The van der Waals surface area contributed by atoms with Crippen LogP contribution in [0.25, 0.3) is 11.5 Å². The zero-order chi connectivity index (χ0) is 28.4. The largest absolute Gasteiger partial charge is 0.493 e. The van der Waals surface area contributed by atoms with E-state index in [0.717, 1.165) is 53.4 Å². The van der Waals surface area contributed by atoms with Crippen molar-refractivity contribution in [2.45, 2.75) is 59.3 Å². The Bertz CT molecular complexity index is 1450. The Labute approximate surface area is 245 Å². The number of ether oxygens (including phenoxy) is 1. The molecule has 0 aliphatic heterocycles. The lowest BCUT2D eigenvalue weighted by Crippen LogP contribution is -2.27. The van der Waals surface area contributed by atoms with E-state index in [1.54, 1.807) is 0 Å². The van der Waals surface area contributed by atoms with Gasteiger partial charge in [0.05, 0.1) is 12.3 Å². The lowest BCUT2D eigenvalue weighted by molar-refractivity contribution is 0.302. The molecule has 0 bridgehead atoms. The quantitative estimate of drug-likeness (QED) is 0.157. The van der Waals surface area contributed by atoms with Crippen molar-refractivity contribution in [1.82, 2.24) is 4.98 Å². The van der Waals surface area contributed by atoms with E-state index >= 15 is 0 Å². The van der Waals surface area contributed by atoms with Crippen molar-refractivity contribution in [3.8, 4) is 17.2 Å². The van der Waals surface area contributed by atoms with Gasteiger partial charge in [0.15, 0.2) is 0 Å². The molecule has 2 saturated carbocycles. The summed E-state index contributed by atoms with van der Waals surface area (Å²) < 4.78 is 12.0. The van der Waals surface area contributed by atoms with E-state index in [1.165, 1.54) is 36.0 Å². The standard InChI is InChI=1S/C38H43NO2/c1-26(23-29-11-7-5-8-12-29)27(2)38(4,25-35-33-19-20-34(33)35)24-30-15-17-32(18-16-30)40-22-21-36-28(3)41-37(39-36)31-13-9-6-10-14-31/h5-18,26,33-35H,2,19-25H2,1,3-4H3/t26-,33?,34?,35?,38+/m0/s1. The highest BCUT2D eigenvalue weighted by Gasteiger charge is 2.57. The topological polar surface area (TPSA) is 35.3 Å². The number of allylic oxidation sites excluding steroid dienone is 1. The monoisotopic (exact) mass is 545 g/mol. The van der Waals surface area contributed by atoms with Crippen molar-refractivity contribution in [3.63, 3.8) is 0 Å². The van der Waals surface area contributed by atoms with Crippen LogP contribution in [0.1, 0.15) is 55.7 Å². The van der Waals surface area contributed by atoms with E-state index in [9.17, 15) is 0 Å². The number of aryl methyl sites for hydroxylation is 1. The Balaban J connectivity index is 1.08. The molecule has 2 aliphatic rings. The van der Waals surface area contributed by atoms with Crippen LogP contribution in [0, 0.1) is 36.0 Å². The highest BCUT2D eigenvalue weighted by Crippen LogP contribution is 2.65. The first kappa shape index (κ1) is 27.6. The molecule has 4 aromatic rings. The molecule has 0 amide bonds. The van der Waals surface area contributed by atoms with Crippen LogP contribution in [0.2, 0.25) is 0 Å². The maximum absolute atomic E-state index is 6.13. The fourth-order valence-electron chi connectivity index (χ4n) is 7.11. The van der Waals surface area contributed by atoms with Gasteiger partial charge in [-0.1, -0.05) is 86.7 Å². The third-order valence-corrected chi connectivity index (χ3v) is 9.82. The average Bonchev–Trinajstić information content (AvgIpc) is 3.25.